The van der Waals surface area contributed by atoms with Crippen molar-refractivity contribution in [2.75, 3.05) is 33.7 Å². The van der Waals surface area contributed by atoms with Crippen LogP contribution in [0, 0.1) is 17.8 Å². The molecular weight excluding hydrogens is 196 g/mol. The van der Waals surface area contributed by atoms with Crippen molar-refractivity contribution >= 4 is 0 Å². The number of hydrogen-bond acceptors (Lipinski definition) is 4. The molecule has 1 heterocycles. The van der Waals surface area contributed by atoms with Gasteiger partial charge >= 0.3 is 0 Å². The Kier molecular flexibility index (Phi) is 3.97. The Hall–Kier alpha value is -0.160. The van der Waals surface area contributed by atoms with Crippen molar-refractivity contribution in [3.8, 4) is 0 Å². The van der Waals surface area contributed by atoms with Crippen LogP contribution in [0.15, 0.2) is 0 Å². The van der Waals surface area contributed by atoms with Crippen LogP contribution in [-0.4, -0.2) is 44.9 Å². The van der Waals surface area contributed by atoms with E-state index in [1.807, 2.05) is 0 Å². The average Bonchev–Trinajstić information content (AvgIpc) is 2.63. The SMILES string of the molecule is COCOC1CC2CCOCC2C1CO. The molecule has 0 aromatic rings. The minimum Gasteiger partial charge on any atom is -0.396 e. The van der Waals surface area contributed by atoms with Crippen molar-refractivity contribution in [1.29, 1.82) is 0 Å². The van der Waals surface area contributed by atoms with Crippen LogP contribution in [0.5, 0.6) is 0 Å². The highest BCUT2D eigenvalue weighted by molar-refractivity contribution is 4.92. The fraction of sp³-hybridized carbons (Fsp3) is 1.00. The maximum Gasteiger partial charge on any atom is 0.146 e. The molecule has 88 valence electrons. The predicted molar refractivity (Wildman–Crippen MR) is 54.4 cm³/mol. The van der Waals surface area contributed by atoms with E-state index in [2.05, 4.69) is 0 Å². The first kappa shape index (κ1) is 11.3. The summed E-state index contributed by atoms with van der Waals surface area (Å²) in [5.41, 5.74) is 0. The van der Waals surface area contributed by atoms with E-state index in [1.165, 1.54) is 0 Å². The quantitative estimate of drug-likeness (QED) is 0.701. The van der Waals surface area contributed by atoms with Gasteiger partial charge in [-0.05, 0) is 24.7 Å². The molecule has 1 aliphatic heterocycles. The second-order valence-electron chi connectivity index (χ2n) is 4.48. The van der Waals surface area contributed by atoms with E-state index in [0.29, 0.717) is 18.6 Å². The molecule has 0 bridgehead atoms. The highest BCUT2D eigenvalue weighted by Gasteiger charge is 2.44. The summed E-state index contributed by atoms with van der Waals surface area (Å²) >= 11 is 0. The molecule has 2 fully saturated rings. The lowest BCUT2D eigenvalue weighted by molar-refractivity contribution is -0.0954. The van der Waals surface area contributed by atoms with Gasteiger partial charge in [0, 0.05) is 26.2 Å². The number of fused-ring (bicyclic) bond motifs is 1. The molecule has 0 aromatic heterocycles. The molecule has 0 aromatic carbocycles. The predicted octanol–water partition coefficient (Wildman–Crippen LogP) is 0.640. The zero-order valence-corrected chi connectivity index (χ0v) is 9.22. The smallest absolute Gasteiger partial charge is 0.146 e. The van der Waals surface area contributed by atoms with Gasteiger partial charge in [-0.2, -0.15) is 0 Å². The molecule has 1 N–H and O–H groups in total. The molecule has 2 aliphatic rings. The van der Waals surface area contributed by atoms with Crippen molar-refractivity contribution in [3.63, 3.8) is 0 Å². The maximum atomic E-state index is 9.40. The van der Waals surface area contributed by atoms with Gasteiger partial charge in [0.05, 0.1) is 12.7 Å². The summed E-state index contributed by atoms with van der Waals surface area (Å²) in [6, 6.07) is 0. The van der Waals surface area contributed by atoms with Crippen LogP contribution >= 0.6 is 0 Å². The van der Waals surface area contributed by atoms with Crippen molar-refractivity contribution in [3.05, 3.63) is 0 Å². The molecule has 15 heavy (non-hydrogen) atoms. The minimum atomic E-state index is 0.145. The molecule has 4 heteroatoms. The number of aliphatic hydroxyl groups is 1. The van der Waals surface area contributed by atoms with E-state index >= 15 is 0 Å². The monoisotopic (exact) mass is 216 g/mol. The summed E-state index contributed by atoms with van der Waals surface area (Å²) in [7, 11) is 1.62. The highest BCUT2D eigenvalue weighted by atomic mass is 16.7. The Morgan fingerprint density at radius 1 is 1.47 bits per heavy atom. The van der Waals surface area contributed by atoms with E-state index in [-0.39, 0.29) is 18.6 Å². The molecule has 1 saturated heterocycles. The molecule has 0 amide bonds. The number of ether oxygens (including phenoxy) is 3. The van der Waals surface area contributed by atoms with E-state index in [4.69, 9.17) is 14.2 Å². The largest absolute Gasteiger partial charge is 0.396 e. The van der Waals surface area contributed by atoms with E-state index in [0.717, 1.165) is 26.1 Å². The summed E-state index contributed by atoms with van der Waals surface area (Å²) in [6.07, 6.45) is 2.29. The number of hydrogen-bond donors (Lipinski definition) is 1. The third-order valence-corrected chi connectivity index (χ3v) is 3.72. The van der Waals surface area contributed by atoms with Crippen molar-refractivity contribution < 1.29 is 19.3 Å². The lowest BCUT2D eigenvalue weighted by Crippen LogP contribution is -2.32. The normalized spacial score (nSPS) is 40.4. The molecule has 0 radical (unpaired) electrons. The lowest BCUT2D eigenvalue weighted by Gasteiger charge is -2.28. The molecule has 4 nitrogen and oxygen atoms in total. The van der Waals surface area contributed by atoms with E-state index < -0.39 is 0 Å². The van der Waals surface area contributed by atoms with Crippen molar-refractivity contribution in [2.45, 2.75) is 18.9 Å². The number of rotatable bonds is 4. The number of aliphatic hydroxyl groups excluding tert-OH is 1. The maximum absolute atomic E-state index is 9.40. The first-order valence-corrected chi connectivity index (χ1v) is 5.66. The van der Waals surface area contributed by atoms with Crippen LogP contribution in [0.2, 0.25) is 0 Å². The summed E-state index contributed by atoms with van der Waals surface area (Å²) in [6.45, 7) is 2.15. The second kappa shape index (κ2) is 5.25. The third-order valence-electron chi connectivity index (χ3n) is 3.72. The summed E-state index contributed by atoms with van der Waals surface area (Å²) in [5, 5.41) is 9.40. The summed E-state index contributed by atoms with van der Waals surface area (Å²) in [5.74, 6) is 1.37. The third kappa shape index (κ3) is 2.33. The Bertz CT molecular complexity index is 197. The van der Waals surface area contributed by atoms with Gasteiger partial charge in [0.2, 0.25) is 0 Å². The van der Waals surface area contributed by atoms with Gasteiger partial charge in [0.1, 0.15) is 6.79 Å². The lowest BCUT2D eigenvalue weighted by atomic mass is 9.87. The first-order chi connectivity index (χ1) is 7.36. The molecule has 4 atom stereocenters. The van der Waals surface area contributed by atoms with Gasteiger partial charge in [0.25, 0.3) is 0 Å². The van der Waals surface area contributed by atoms with Crippen molar-refractivity contribution in [1.82, 2.24) is 0 Å². The standard InChI is InChI=1S/C11H20O4/c1-13-7-15-11-4-8-2-3-14-6-10(8)9(11)5-12/h8-12H,2-7H2,1H3. The average molecular weight is 216 g/mol. The Morgan fingerprint density at radius 2 is 2.33 bits per heavy atom. The summed E-state index contributed by atoms with van der Waals surface area (Å²) in [4.78, 5) is 0. The zero-order chi connectivity index (χ0) is 10.7. The highest BCUT2D eigenvalue weighted by Crippen LogP contribution is 2.42. The van der Waals surface area contributed by atoms with Crippen LogP contribution in [0.25, 0.3) is 0 Å². The van der Waals surface area contributed by atoms with Gasteiger partial charge in [0.15, 0.2) is 0 Å². The topological polar surface area (TPSA) is 47.9 Å². The Balaban J connectivity index is 1.94. The zero-order valence-electron chi connectivity index (χ0n) is 9.22. The van der Waals surface area contributed by atoms with Crippen molar-refractivity contribution in [2.24, 2.45) is 17.8 Å². The molecule has 1 aliphatic carbocycles. The van der Waals surface area contributed by atoms with Crippen LogP contribution in [0.4, 0.5) is 0 Å². The Labute approximate surface area is 90.5 Å². The molecule has 2 rings (SSSR count). The second-order valence-corrected chi connectivity index (χ2v) is 4.48. The van der Waals surface area contributed by atoms with E-state index in [9.17, 15) is 5.11 Å². The Morgan fingerprint density at radius 3 is 3.07 bits per heavy atom. The molecular formula is C11H20O4. The van der Waals surface area contributed by atoms with Crippen LogP contribution in [0.1, 0.15) is 12.8 Å². The fourth-order valence-corrected chi connectivity index (χ4v) is 2.92. The van der Waals surface area contributed by atoms with Crippen LogP contribution < -0.4 is 0 Å². The van der Waals surface area contributed by atoms with Gasteiger partial charge in [-0.3, -0.25) is 0 Å². The van der Waals surface area contributed by atoms with Gasteiger partial charge in [-0.1, -0.05) is 0 Å². The fourth-order valence-electron chi connectivity index (χ4n) is 2.92. The van der Waals surface area contributed by atoms with Crippen LogP contribution in [0.3, 0.4) is 0 Å². The van der Waals surface area contributed by atoms with Gasteiger partial charge in [-0.25, -0.2) is 0 Å². The van der Waals surface area contributed by atoms with Gasteiger partial charge in [-0.15, -0.1) is 0 Å². The minimum absolute atomic E-state index is 0.145. The molecule has 4 unspecified atom stereocenters. The summed E-state index contributed by atoms with van der Waals surface area (Å²) < 4.78 is 16.0. The number of methoxy groups -OCH3 is 1. The van der Waals surface area contributed by atoms with Crippen LogP contribution in [-0.2, 0) is 14.2 Å². The first-order valence-electron chi connectivity index (χ1n) is 5.66. The molecule has 1 saturated carbocycles. The van der Waals surface area contributed by atoms with Gasteiger partial charge < -0.3 is 19.3 Å². The molecule has 0 spiro atoms. The van der Waals surface area contributed by atoms with E-state index in [1.54, 1.807) is 7.11 Å².